The number of hydrogen-bond donors (Lipinski definition) is 2. The molecule has 0 bridgehead atoms. The molecule has 0 fully saturated rings. The standard InChI is InChI=1S/C30H35Cl2N3O4.2ClH/c1-30(2,3)26(18-27(36)37)34-29(38)24-14-12-21(20-9-6-7-10-22(20)31)28(33-24)19-11-13-23(32)25(17-19)39-16-8-15-35(4)5;;/h6-7,9-14,17,26H,8,15-16,18H2,1-5H3,(H,34,38)(H,36,37);2*1H/t26-;;/m0../s1. The Morgan fingerprint density at radius 2 is 1.68 bits per heavy atom. The molecule has 2 N–H and O–H groups in total. The summed E-state index contributed by atoms with van der Waals surface area (Å²) in [6.45, 7) is 7.02. The number of benzene rings is 2. The van der Waals surface area contributed by atoms with Crippen LogP contribution in [0.25, 0.3) is 22.4 Å². The highest BCUT2D eigenvalue weighted by Crippen LogP contribution is 2.38. The van der Waals surface area contributed by atoms with Crippen molar-refractivity contribution in [1.29, 1.82) is 0 Å². The maximum atomic E-state index is 13.3. The minimum Gasteiger partial charge on any atom is -0.492 e. The van der Waals surface area contributed by atoms with Gasteiger partial charge in [-0.15, -0.1) is 24.8 Å². The Kier molecular flexibility index (Phi) is 14.4. The zero-order valence-electron chi connectivity index (χ0n) is 23.7. The first-order valence-electron chi connectivity index (χ1n) is 12.7. The Balaban J connectivity index is 0.00000420. The number of pyridine rings is 1. The van der Waals surface area contributed by atoms with Crippen molar-refractivity contribution in [2.75, 3.05) is 27.2 Å². The Morgan fingerprint density at radius 3 is 2.29 bits per heavy atom. The number of carbonyl (C=O) groups excluding carboxylic acids is 1. The summed E-state index contributed by atoms with van der Waals surface area (Å²) < 4.78 is 5.98. The minimum atomic E-state index is -0.989. The number of halogens is 4. The summed E-state index contributed by atoms with van der Waals surface area (Å²) in [7, 11) is 4.01. The number of nitrogens with zero attached hydrogens (tertiary/aromatic N) is 2. The van der Waals surface area contributed by atoms with Gasteiger partial charge in [-0.2, -0.15) is 0 Å². The summed E-state index contributed by atoms with van der Waals surface area (Å²) in [4.78, 5) is 31.5. The van der Waals surface area contributed by atoms with Gasteiger partial charge in [-0.25, -0.2) is 4.98 Å². The fourth-order valence-corrected chi connectivity index (χ4v) is 4.42. The first-order valence-corrected chi connectivity index (χ1v) is 13.5. The van der Waals surface area contributed by atoms with Gasteiger partial charge in [0.2, 0.25) is 0 Å². The van der Waals surface area contributed by atoms with Crippen LogP contribution in [0.4, 0.5) is 0 Å². The molecule has 41 heavy (non-hydrogen) atoms. The van der Waals surface area contributed by atoms with Crippen molar-refractivity contribution in [3.8, 4) is 28.1 Å². The van der Waals surface area contributed by atoms with Crippen LogP contribution < -0.4 is 10.1 Å². The average molecular weight is 645 g/mol. The van der Waals surface area contributed by atoms with Crippen LogP contribution in [0.15, 0.2) is 54.6 Å². The van der Waals surface area contributed by atoms with Crippen molar-refractivity contribution < 1.29 is 19.4 Å². The van der Waals surface area contributed by atoms with E-state index in [1.165, 1.54) is 0 Å². The molecule has 3 rings (SSSR count). The Hall–Kier alpha value is -2.55. The highest BCUT2D eigenvalue weighted by molar-refractivity contribution is 6.33. The van der Waals surface area contributed by atoms with Gasteiger partial charge in [-0.3, -0.25) is 9.59 Å². The number of nitrogens with one attached hydrogen (secondary N) is 1. The number of aromatic nitrogens is 1. The maximum absolute atomic E-state index is 13.3. The molecule has 1 heterocycles. The summed E-state index contributed by atoms with van der Waals surface area (Å²) in [5, 5.41) is 13.2. The molecule has 0 aliphatic carbocycles. The van der Waals surface area contributed by atoms with E-state index in [2.05, 4.69) is 10.2 Å². The molecule has 0 aliphatic rings. The van der Waals surface area contributed by atoms with E-state index < -0.39 is 23.3 Å². The summed E-state index contributed by atoms with van der Waals surface area (Å²) in [5.41, 5.74) is 2.40. The number of ether oxygens (including phenoxy) is 1. The van der Waals surface area contributed by atoms with E-state index in [9.17, 15) is 14.7 Å². The summed E-state index contributed by atoms with van der Waals surface area (Å²) in [6, 6.07) is 15.6. The third kappa shape index (κ3) is 10.3. The van der Waals surface area contributed by atoms with Crippen LogP contribution >= 0.6 is 48.0 Å². The van der Waals surface area contributed by atoms with Crippen LogP contribution in [0.2, 0.25) is 10.0 Å². The van der Waals surface area contributed by atoms with Crippen molar-refractivity contribution in [3.05, 3.63) is 70.3 Å². The highest BCUT2D eigenvalue weighted by atomic mass is 35.5. The minimum absolute atomic E-state index is 0. The first kappa shape index (κ1) is 36.5. The predicted octanol–water partition coefficient (Wildman–Crippen LogP) is 7.52. The quantitative estimate of drug-likeness (QED) is 0.210. The van der Waals surface area contributed by atoms with Gasteiger partial charge in [0.05, 0.1) is 23.7 Å². The van der Waals surface area contributed by atoms with Crippen LogP contribution in [0.5, 0.6) is 5.75 Å². The molecule has 7 nitrogen and oxygen atoms in total. The van der Waals surface area contributed by atoms with Gasteiger partial charge in [-0.1, -0.05) is 68.2 Å². The molecule has 0 spiro atoms. The summed E-state index contributed by atoms with van der Waals surface area (Å²) >= 11 is 13.0. The molecule has 1 amide bonds. The Labute approximate surface area is 264 Å². The number of carbonyl (C=O) groups is 2. The van der Waals surface area contributed by atoms with Gasteiger partial charge < -0.3 is 20.1 Å². The second kappa shape index (κ2) is 16.2. The largest absolute Gasteiger partial charge is 0.492 e. The molecule has 0 saturated heterocycles. The summed E-state index contributed by atoms with van der Waals surface area (Å²) in [6.07, 6.45) is 0.628. The van der Waals surface area contributed by atoms with Crippen LogP contribution in [-0.2, 0) is 4.79 Å². The van der Waals surface area contributed by atoms with Crippen molar-refractivity contribution >= 4 is 59.9 Å². The van der Waals surface area contributed by atoms with E-state index in [0.717, 1.165) is 24.1 Å². The van der Waals surface area contributed by atoms with E-state index in [0.29, 0.717) is 33.7 Å². The number of carboxylic acid groups (broad SMARTS) is 1. The van der Waals surface area contributed by atoms with Gasteiger partial charge in [0, 0.05) is 34.3 Å². The van der Waals surface area contributed by atoms with E-state index in [4.69, 9.17) is 32.9 Å². The molecular weight excluding hydrogens is 608 g/mol. The first-order chi connectivity index (χ1) is 18.4. The fourth-order valence-electron chi connectivity index (χ4n) is 4.01. The molecule has 0 aliphatic heterocycles. The molecule has 11 heteroatoms. The number of hydrogen-bond acceptors (Lipinski definition) is 5. The van der Waals surface area contributed by atoms with Gasteiger partial charge in [0.25, 0.3) is 5.91 Å². The topological polar surface area (TPSA) is 91.8 Å². The smallest absolute Gasteiger partial charge is 0.305 e. The van der Waals surface area contributed by atoms with Crippen LogP contribution in [0, 0.1) is 5.41 Å². The molecule has 0 radical (unpaired) electrons. The SMILES string of the molecule is CN(C)CCCOc1cc(-c2nc(C(=O)N[C@@H](CC(=O)O)C(C)(C)C)ccc2-c2ccccc2Cl)ccc1Cl.Cl.Cl. The van der Waals surface area contributed by atoms with E-state index in [1.807, 2.05) is 65.2 Å². The second-order valence-electron chi connectivity index (χ2n) is 10.7. The number of amides is 1. The molecule has 2 aromatic carbocycles. The van der Waals surface area contributed by atoms with Crippen molar-refractivity contribution in [3.63, 3.8) is 0 Å². The van der Waals surface area contributed by atoms with Crippen molar-refractivity contribution in [2.45, 2.75) is 39.7 Å². The third-order valence-electron chi connectivity index (χ3n) is 6.23. The van der Waals surface area contributed by atoms with Gasteiger partial charge in [0.15, 0.2) is 0 Å². The molecule has 0 unspecified atom stereocenters. The van der Waals surface area contributed by atoms with Crippen molar-refractivity contribution in [1.82, 2.24) is 15.2 Å². The Bertz CT molecular complexity index is 1330. The van der Waals surface area contributed by atoms with Gasteiger partial charge in [-0.05, 0) is 56.3 Å². The van der Waals surface area contributed by atoms with Crippen LogP contribution in [-0.4, -0.2) is 60.2 Å². The molecule has 224 valence electrons. The van der Waals surface area contributed by atoms with E-state index in [1.54, 1.807) is 24.3 Å². The monoisotopic (exact) mass is 643 g/mol. The van der Waals surface area contributed by atoms with Gasteiger partial charge in [0.1, 0.15) is 11.4 Å². The molecule has 1 atom stereocenters. The lowest BCUT2D eigenvalue weighted by atomic mass is 9.84. The predicted molar refractivity (Wildman–Crippen MR) is 171 cm³/mol. The second-order valence-corrected chi connectivity index (χ2v) is 11.5. The highest BCUT2D eigenvalue weighted by Gasteiger charge is 2.29. The molecular formula is C30H37Cl4N3O4. The lowest BCUT2D eigenvalue weighted by Gasteiger charge is -2.30. The van der Waals surface area contributed by atoms with E-state index in [-0.39, 0.29) is 36.9 Å². The zero-order valence-corrected chi connectivity index (χ0v) is 26.9. The molecule has 1 aromatic heterocycles. The lowest BCUT2D eigenvalue weighted by molar-refractivity contribution is -0.138. The Morgan fingerprint density at radius 1 is 1.00 bits per heavy atom. The number of rotatable bonds is 11. The van der Waals surface area contributed by atoms with Gasteiger partial charge >= 0.3 is 5.97 Å². The molecule has 3 aromatic rings. The number of carboxylic acids is 1. The van der Waals surface area contributed by atoms with Crippen LogP contribution in [0.1, 0.15) is 44.1 Å². The number of aliphatic carboxylic acids is 1. The fraction of sp³-hybridized carbons (Fsp3) is 0.367. The summed E-state index contributed by atoms with van der Waals surface area (Å²) in [5.74, 6) is -0.932. The molecule has 0 saturated carbocycles. The van der Waals surface area contributed by atoms with Crippen LogP contribution in [0.3, 0.4) is 0 Å². The normalized spacial score (nSPS) is 11.7. The maximum Gasteiger partial charge on any atom is 0.305 e. The third-order valence-corrected chi connectivity index (χ3v) is 6.88. The lowest BCUT2D eigenvalue weighted by Crippen LogP contribution is -2.45. The average Bonchev–Trinajstić information content (AvgIpc) is 2.86. The van der Waals surface area contributed by atoms with E-state index >= 15 is 0 Å². The van der Waals surface area contributed by atoms with Crippen molar-refractivity contribution in [2.24, 2.45) is 5.41 Å². The zero-order chi connectivity index (χ0) is 28.7.